The molecule has 0 bridgehead atoms. The van der Waals surface area contributed by atoms with Crippen molar-refractivity contribution in [2.75, 3.05) is 0 Å². The van der Waals surface area contributed by atoms with Crippen molar-refractivity contribution in [3.63, 3.8) is 0 Å². The van der Waals surface area contributed by atoms with Crippen molar-refractivity contribution in [2.24, 2.45) is 0 Å². The lowest BCUT2D eigenvalue weighted by molar-refractivity contribution is -0.108. The van der Waals surface area contributed by atoms with Crippen LogP contribution < -0.4 is 0 Å². The summed E-state index contributed by atoms with van der Waals surface area (Å²) < 4.78 is 20.3. The van der Waals surface area contributed by atoms with Gasteiger partial charge in [0.15, 0.2) is 5.78 Å². The molecular formula is C18H14Cl2O3S. The minimum atomic E-state index is -2.45. The molecule has 0 aliphatic heterocycles. The van der Waals surface area contributed by atoms with Gasteiger partial charge in [-0.25, -0.2) is 0 Å². The summed E-state index contributed by atoms with van der Waals surface area (Å²) in [6, 6.07) is 14.4. The normalized spacial score (nSPS) is 9.75. The van der Waals surface area contributed by atoms with Crippen LogP contribution in [-0.2, 0) is 15.1 Å². The summed E-state index contributed by atoms with van der Waals surface area (Å²) in [6.07, 6.45) is 4.48. The monoisotopic (exact) mass is 380 g/mol. The smallest absolute Gasteiger partial charge is 0.218 e. The Morgan fingerprint density at radius 1 is 0.875 bits per heavy atom. The van der Waals surface area contributed by atoms with Gasteiger partial charge in [0.25, 0.3) is 0 Å². The van der Waals surface area contributed by atoms with Crippen LogP contribution in [0.5, 0.6) is 0 Å². The Balaban J connectivity index is 0.000000272. The molecule has 0 heterocycles. The number of hydrogen-bond acceptors (Lipinski definition) is 3. The SMILES string of the molecule is C=Cc1ccc(Cl)cc1.O=C(C=Cc1ccc(Cl)cc1)C=S(=O)=O. The zero-order valence-electron chi connectivity index (χ0n) is 12.5. The quantitative estimate of drug-likeness (QED) is 0.575. The molecule has 0 aliphatic rings. The maximum Gasteiger partial charge on any atom is 0.218 e. The largest absolute Gasteiger partial charge is 0.289 e. The van der Waals surface area contributed by atoms with Gasteiger partial charge < -0.3 is 0 Å². The van der Waals surface area contributed by atoms with Crippen LogP contribution in [0.25, 0.3) is 12.2 Å². The van der Waals surface area contributed by atoms with E-state index in [2.05, 4.69) is 6.58 Å². The second-order valence-corrected chi connectivity index (χ2v) is 6.05. The van der Waals surface area contributed by atoms with Gasteiger partial charge in [-0.15, -0.1) is 0 Å². The standard InChI is InChI=1S/C10H7ClO3S.C8H7Cl/c11-9-4-1-8(2-5-9)3-6-10(12)7-15(13)14;1-2-7-3-5-8(9)6-4-7/h1-7H;2-6H,1H2. The summed E-state index contributed by atoms with van der Waals surface area (Å²) in [4.78, 5) is 10.9. The van der Waals surface area contributed by atoms with E-state index in [1.807, 2.05) is 24.3 Å². The summed E-state index contributed by atoms with van der Waals surface area (Å²) in [5.41, 5.74) is 1.87. The fourth-order valence-corrected chi connectivity index (χ4v) is 2.01. The molecule has 0 spiro atoms. The molecular weight excluding hydrogens is 367 g/mol. The molecule has 3 nitrogen and oxygen atoms in total. The predicted octanol–water partition coefficient (Wildman–Crippen LogP) is 4.59. The number of carbonyl (C=O) groups excluding carboxylic acids is 1. The van der Waals surface area contributed by atoms with Crippen LogP contribution in [0.1, 0.15) is 11.1 Å². The number of halogens is 2. The first kappa shape index (κ1) is 19.9. The van der Waals surface area contributed by atoms with Gasteiger partial charge in [0.05, 0.1) is 0 Å². The van der Waals surface area contributed by atoms with Crippen LogP contribution >= 0.6 is 23.2 Å². The second-order valence-electron chi connectivity index (χ2n) is 4.42. The summed E-state index contributed by atoms with van der Waals surface area (Å²) in [5.74, 6) is -0.571. The van der Waals surface area contributed by atoms with Crippen molar-refractivity contribution in [3.8, 4) is 0 Å². The van der Waals surface area contributed by atoms with Crippen LogP contribution in [0.3, 0.4) is 0 Å². The fraction of sp³-hybridized carbons (Fsp3) is 0. The number of carbonyl (C=O) groups is 1. The van der Waals surface area contributed by atoms with E-state index in [-0.39, 0.29) is 0 Å². The summed E-state index contributed by atoms with van der Waals surface area (Å²) in [6.45, 7) is 3.62. The number of ketones is 1. The lowest BCUT2D eigenvalue weighted by Gasteiger charge is -1.91. The molecule has 0 aromatic heterocycles. The average Bonchev–Trinajstić information content (AvgIpc) is 2.55. The third-order valence-electron chi connectivity index (χ3n) is 2.63. The zero-order chi connectivity index (χ0) is 17.9. The van der Waals surface area contributed by atoms with E-state index >= 15 is 0 Å². The van der Waals surface area contributed by atoms with Crippen LogP contribution in [0.15, 0.2) is 61.2 Å². The van der Waals surface area contributed by atoms with Gasteiger partial charge in [-0.1, -0.05) is 66.2 Å². The Morgan fingerprint density at radius 2 is 1.33 bits per heavy atom. The van der Waals surface area contributed by atoms with Gasteiger partial charge in [0, 0.05) is 10.0 Å². The van der Waals surface area contributed by atoms with Crippen molar-refractivity contribution in [1.82, 2.24) is 0 Å². The molecule has 0 radical (unpaired) electrons. The van der Waals surface area contributed by atoms with Gasteiger partial charge in [0.2, 0.25) is 10.3 Å². The Kier molecular flexibility index (Phi) is 8.79. The third kappa shape index (κ3) is 8.48. The Hall–Kier alpha value is -2.14. The minimum absolute atomic E-state index is 0.571. The van der Waals surface area contributed by atoms with Crippen molar-refractivity contribution in [2.45, 2.75) is 0 Å². The predicted molar refractivity (Wildman–Crippen MR) is 102 cm³/mol. The first-order valence-electron chi connectivity index (χ1n) is 6.69. The van der Waals surface area contributed by atoms with E-state index in [0.717, 1.165) is 16.1 Å². The summed E-state index contributed by atoms with van der Waals surface area (Å²) in [7, 11) is -2.45. The van der Waals surface area contributed by atoms with Gasteiger partial charge in [-0.05, 0) is 41.5 Å². The molecule has 0 unspecified atom stereocenters. The molecule has 0 atom stereocenters. The number of rotatable bonds is 4. The van der Waals surface area contributed by atoms with Crippen molar-refractivity contribution in [3.05, 3.63) is 82.4 Å². The average molecular weight is 381 g/mol. The Bertz CT molecular complexity index is 842. The Labute approximate surface area is 152 Å². The van der Waals surface area contributed by atoms with Crippen LogP contribution in [-0.4, -0.2) is 19.6 Å². The highest BCUT2D eigenvalue weighted by atomic mass is 35.5. The van der Waals surface area contributed by atoms with Crippen LogP contribution in [0.4, 0.5) is 0 Å². The molecule has 6 heteroatoms. The van der Waals surface area contributed by atoms with Crippen molar-refractivity contribution in [1.29, 1.82) is 0 Å². The molecule has 0 saturated heterocycles. The van der Waals surface area contributed by atoms with E-state index in [1.54, 1.807) is 30.3 Å². The maximum atomic E-state index is 10.9. The molecule has 0 saturated carbocycles. The highest BCUT2D eigenvalue weighted by Crippen LogP contribution is 2.10. The van der Waals surface area contributed by atoms with Crippen LogP contribution in [0.2, 0.25) is 10.0 Å². The highest BCUT2D eigenvalue weighted by molar-refractivity contribution is 7.73. The van der Waals surface area contributed by atoms with E-state index in [4.69, 9.17) is 23.2 Å². The molecule has 24 heavy (non-hydrogen) atoms. The van der Waals surface area contributed by atoms with Crippen molar-refractivity contribution < 1.29 is 13.2 Å². The first-order chi connectivity index (χ1) is 11.4. The second kappa shape index (κ2) is 10.6. The fourth-order valence-electron chi connectivity index (χ4n) is 1.49. The van der Waals surface area contributed by atoms with E-state index in [0.29, 0.717) is 10.4 Å². The summed E-state index contributed by atoms with van der Waals surface area (Å²) >= 11 is 11.3. The number of hydrogen-bond donors (Lipinski definition) is 0. The number of allylic oxidation sites excluding steroid dienone is 1. The van der Waals surface area contributed by atoms with Gasteiger partial charge >= 0.3 is 0 Å². The van der Waals surface area contributed by atoms with E-state index in [1.165, 1.54) is 12.2 Å². The number of benzene rings is 2. The van der Waals surface area contributed by atoms with E-state index < -0.39 is 16.1 Å². The lowest BCUT2D eigenvalue weighted by Crippen LogP contribution is -1.93. The molecule has 2 aromatic rings. The van der Waals surface area contributed by atoms with Crippen LogP contribution in [0, 0.1) is 0 Å². The van der Waals surface area contributed by atoms with Gasteiger partial charge in [-0.3, -0.25) is 4.79 Å². The molecule has 0 N–H and O–H groups in total. The topological polar surface area (TPSA) is 51.2 Å². The van der Waals surface area contributed by atoms with E-state index in [9.17, 15) is 13.2 Å². The highest BCUT2D eigenvalue weighted by Gasteiger charge is 1.92. The molecule has 0 amide bonds. The lowest BCUT2D eigenvalue weighted by atomic mass is 10.2. The molecule has 0 fully saturated rings. The van der Waals surface area contributed by atoms with Crippen molar-refractivity contribution >= 4 is 56.8 Å². The molecule has 2 aromatic carbocycles. The van der Waals surface area contributed by atoms with Gasteiger partial charge in [0.1, 0.15) is 5.37 Å². The minimum Gasteiger partial charge on any atom is -0.289 e. The molecule has 2 rings (SSSR count). The first-order valence-corrected chi connectivity index (χ1v) is 8.58. The molecule has 0 aliphatic carbocycles. The maximum absolute atomic E-state index is 10.9. The zero-order valence-corrected chi connectivity index (χ0v) is 14.9. The third-order valence-corrected chi connectivity index (χ3v) is 3.56. The summed E-state index contributed by atoms with van der Waals surface area (Å²) in [5, 5.41) is 1.97. The van der Waals surface area contributed by atoms with Gasteiger partial charge in [-0.2, -0.15) is 8.42 Å². The Morgan fingerprint density at radius 3 is 1.75 bits per heavy atom. The molecule has 124 valence electrons.